The van der Waals surface area contributed by atoms with Crippen LogP contribution in [0.3, 0.4) is 0 Å². The van der Waals surface area contributed by atoms with E-state index in [1.165, 1.54) is 29.6 Å². The number of rotatable bonds is 8. The lowest BCUT2D eigenvalue weighted by atomic mass is 9.62. The van der Waals surface area contributed by atoms with Crippen molar-refractivity contribution in [2.75, 3.05) is 0 Å². The van der Waals surface area contributed by atoms with Crippen LogP contribution in [0.5, 0.6) is 0 Å². The maximum absolute atomic E-state index is 15.9. The van der Waals surface area contributed by atoms with E-state index in [2.05, 4.69) is 0 Å². The van der Waals surface area contributed by atoms with Crippen LogP contribution in [0.15, 0.2) is 35.7 Å². The number of alkyl halides is 4. The molecule has 1 aromatic heterocycles. The number of thiophene rings is 1. The van der Waals surface area contributed by atoms with Gasteiger partial charge in [-0.15, -0.1) is 11.3 Å². The quantitative estimate of drug-likeness (QED) is 0.372. The molecule has 2 aromatic rings. The van der Waals surface area contributed by atoms with E-state index < -0.39 is 36.1 Å². The van der Waals surface area contributed by atoms with Crippen molar-refractivity contribution in [1.29, 1.82) is 0 Å². The van der Waals surface area contributed by atoms with Crippen molar-refractivity contribution in [3.8, 4) is 0 Å². The molecule has 0 aliphatic heterocycles. The topological polar surface area (TPSA) is 40.1 Å². The van der Waals surface area contributed by atoms with Gasteiger partial charge in [0.1, 0.15) is 12.3 Å². The molecule has 1 aromatic carbocycles. The zero-order valence-electron chi connectivity index (χ0n) is 16.8. The minimum Gasteiger partial charge on any atom is -0.545 e. The lowest BCUT2D eigenvalue weighted by Crippen LogP contribution is -2.51. The molecule has 30 heavy (non-hydrogen) atoms. The Hall–Kier alpha value is -1.89. The number of aromatic carboxylic acids is 1. The molecule has 1 fully saturated rings. The Morgan fingerprint density at radius 1 is 1.27 bits per heavy atom. The maximum Gasteiger partial charge on any atom is 0.264 e. The van der Waals surface area contributed by atoms with Crippen molar-refractivity contribution < 1.29 is 27.5 Å². The predicted octanol–water partition coefficient (Wildman–Crippen LogP) is 6.00. The number of hydrogen-bond donors (Lipinski definition) is 0. The van der Waals surface area contributed by atoms with Crippen LogP contribution >= 0.6 is 11.3 Å². The van der Waals surface area contributed by atoms with Crippen molar-refractivity contribution >= 4 is 17.3 Å². The van der Waals surface area contributed by atoms with E-state index in [0.29, 0.717) is 12.8 Å². The Bertz CT molecular complexity index is 868. The van der Waals surface area contributed by atoms with Crippen LogP contribution in [0, 0.1) is 5.92 Å². The molecule has 0 spiro atoms. The number of carbonyl (C=O) groups excluding carboxylic acids is 1. The zero-order valence-corrected chi connectivity index (χ0v) is 17.6. The number of carbonyl (C=O) groups is 1. The average Bonchev–Trinajstić information content (AvgIpc) is 3.23. The minimum absolute atomic E-state index is 0.0924. The van der Waals surface area contributed by atoms with E-state index in [1.807, 2.05) is 6.92 Å². The monoisotopic (exact) mass is 441 g/mol. The summed E-state index contributed by atoms with van der Waals surface area (Å²) < 4.78 is 57.7. The third-order valence-corrected chi connectivity index (χ3v) is 7.35. The van der Waals surface area contributed by atoms with Gasteiger partial charge < -0.3 is 9.90 Å². The van der Waals surface area contributed by atoms with Gasteiger partial charge in [0, 0.05) is 16.0 Å². The second kappa shape index (κ2) is 9.50. The van der Waals surface area contributed by atoms with Gasteiger partial charge in [-0.05, 0) is 42.2 Å². The number of unbranched alkanes of at least 4 members (excludes halogenated alkanes) is 2. The number of carboxylic acid groups (broad SMARTS) is 1. The molecule has 1 saturated carbocycles. The van der Waals surface area contributed by atoms with E-state index in [4.69, 9.17) is 0 Å². The smallest absolute Gasteiger partial charge is 0.264 e. The molecule has 0 N–H and O–H groups in total. The van der Waals surface area contributed by atoms with Crippen LogP contribution < -0.4 is 5.11 Å². The first kappa shape index (κ1) is 22.8. The molecule has 2 nitrogen and oxygen atoms in total. The van der Waals surface area contributed by atoms with Crippen molar-refractivity contribution in [1.82, 2.24) is 0 Å². The molecule has 0 amide bonds. The molecule has 4 atom stereocenters. The van der Waals surface area contributed by atoms with Crippen LogP contribution in [0.2, 0.25) is 0 Å². The van der Waals surface area contributed by atoms with Gasteiger partial charge in [0.05, 0.1) is 11.4 Å². The van der Waals surface area contributed by atoms with E-state index >= 15 is 8.78 Å². The summed E-state index contributed by atoms with van der Waals surface area (Å²) in [6.45, 7) is 2.03. The van der Waals surface area contributed by atoms with Gasteiger partial charge in [-0.1, -0.05) is 50.5 Å². The maximum atomic E-state index is 15.9. The van der Waals surface area contributed by atoms with Gasteiger partial charge in [0.25, 0.3) is 6.43 Å². The molecule has 164 valence electrons. The summed E-state index contributed by atoms with van der Waals surface area (Å²) in [6.07, 6.45) is -2.82. The molecule has 0 radical (unpaired) electrons. The highest BCUT2D eigenvalue weighted by Crippen LogP contribution is 2.52. The first-order valence-corrected chi connectivity index (χ1v) is 11.2. The van der Waals surface area contributed by atoms with Gasteiger partial charge in [-0.25, -0.2) is 17.6 Å². The fourth-order valence-electron chi connectivity index (χ4n) is 4.61. The Balaban J connectivity index is 2.09. The summed E-state index contributed by atoms with van der Waals surface area (Å²) in [4.78, 5) is 12.0. The van der Waals surface area contributed by atoms with Crippen molar-refractivity contribution in [3.63, 3.8) is 0 Å². The zero-order chi connectivity index (χ0) is 21.9. The van der Waals surface area contributed by atoms with Gasteiger partial charge in [-0.2, -0.15) is 0 Å². The van der Waals surface area contributed by atoms with Crippen molar-refractivity contribution in [2.45, 2.75) is 69.6 Å². The molecule has 0 saturated heterocycles. The third-order valence-electron chi connectivity index (χ3n) is 6.23. The normalized spacial score (nSPS) is 26.8. The van der Waals surface area contributed by atoms with Gasteiger partial charge in [0.15, 0.2) is 0 Å². The highest BCUT2D eigenvalue weighted by atomic mass is 32.1. The number of hydrogen-bond acceptors (Lipinski definition) is 3. The molecule has 3 rings (SSSR count). The van der Waals surface area contributed by atoms with Gasteiger partial charge in [-0.3, -0.25) is 0 Å². The summed E-state index contributed by atoms with van der Waals surface area (Å²) >= 11 is 0.927. The highest BCUT2D eigenvalue weighted by molar-refractivity contribution is 7.10. The molecule has 7 heteroatoms. The summed E-state index contributed by atoms with van der Waals surface area (Å²) in [7, 11) is 0. The number of carboxylic acids is 1. The van der Waals surface area contributed by atoms with Crippen LogP contribution in [0.1, 0.15) is 78.2 Å². The standard InChI is InChI=1S/C23H26F4O2S/c1-2-3-4-7-14-10-11-23(20(25)19(14)24,18-12-15(13-30-18)21(26)27)17-9-6-5-8-16(17)22(28)29/h5-6,8-9,12-14,19-21H,2-4,7,10-11H2,1H3,(H,28,29)/p-1. The Labute approximate surface area is 177 Å². The molecular formula is C23H25F4O2S-. The van der Waals surface area contributed by atoms with E-state index in [0.717, 1.165) is 30.6 Å². The summed E-state index contributed by atoms with van der Waals surface area (Å²) in [5.74, 6) is -1.97. The molecular weight excluding hydrogens is 416 g/mol. The molecule has 1 heterocycles. The van der Waals surface area contributed by atoms with Gasteiger partial charge in [0.2, 0.25) is 0 Å². The SMILES string of the molecule is CCCCCC1CCC(c2cc(C(F)F)cs2)(c2ccccc2C(=O)[O-])C(F)C1F. The van der Waals surface area contributed by atoms with Crippen molar-refractivity contribution in [2.24, 2.45) is 5.92 Å². The molecule has 1 aliphatic rings. The average molecular weight is 442 g/mol. The van der Waals surface area contributed by atoms with Crippen LogP contribution in [-0.2, 0) is 5.41 Å². The largest absolute Gasteiger partial charge is 0.545 e. The lowest BCUT2D eigenvalue weighted by Gasteiger charge is -2.45. The fraction of sp³-hybridized carbons (Fsp3) is 0.522. The van der Waals surface area contributed by atoms with E-state index in [9.17, 15) is 18.7 Å². The minimum atomic E-state index is -2.74. The first-order valence-electron chi connectivity index (χ1n) is 10.3. The van der Waals surface area contributed by atoms with Crippen LogP contribution in [0.25, 0.3) is 0 Å². The molecule has 4 unspecified atom stereocenters. The van der Waals surface area contributed by atoms with E-state index in [1.54, 1.807) is 6.07 Å². The summed E-state index contributed by atoms with van der Waals surface area (Å²) in [5, 5.41) is 13.0. The Kier molecular flexibility index (Phi) is 7.22. The van der Waals surface area contributed by atoms with Gasteiger partial charge >= 0.3 is 0 Å². The van der Waals surface area contributed by atoms with Crippen molar-refractivity contribution in [3.05, 3.63) is 57.3 Å². The molecule has 0 bridgehead atoms. The lowest BCUT2D eigenvalue weighted by molar-refractivity contribution is -0.255. The van der Waals surface area contributed by atoms with E-state index in [-0.39, 0.29) is 28.0 Å². The number of halogens is 4. The second-order valence-electron chi connectivity index (χ2n) is 7.99. The fourth-order valence-corrected chi connectivity index (χ4v) is 5.78. The predicted molar refractivity (Wildman–Crippen MR) is 107 cm³/mol. The Morgan fingerprint density at radius 2 is 2.00 bits per heavy atom. The summed E-state index contributed by atoms with van der Waals surface area (Å²) in [5.41, 5.74) is -2.04. The first-order chi connectivity index (χ1) is 14.3. The van der Waals surface area contributed by atoms with Crippen LogP contribution in [0.4, 0.5) is 17.6 Å². The molecule has 1 aliphatic carbocycles. The summed E-state index contributed by atoms with van der Waals surface area (Å²) in [6, 6.07) is 6.97. The second-order valence-corrected chi connectivity index (χ2v) is 8.90. The third kappa shape index (κ3) is 4.13. The van der Waals surface area contributed by atoms with Crippen LogP contribution in [-0.4, -0.2) is 18.3 Å². The highest BCUT2D eigenvalue weighted by Gasteiger charge is 2.54. The number of benzene rings is 1. The Morgan fingerprint density at radius 3 is 2.63 bits per heavy atom.